The summed E-state index contributed by atoms with van der Waals surface area (Å²) in [5.41, 5.74) is 0.630. The molecule has 4 nitrogen and oxygen atoms in total. The van der Waals surface area contributed by atoms with Gasteiger partial charge in [0.1, 0.15) is 5.82 Å². The predicted molar refractivity (Wildman–Crippen MR) is 80.5 cm³/mol. The minimum atomic E-state index is -0.309. The zero-order valence-corrected chi connectivity index (χ0v) is 12.4. The van der Waals surface area contributed by atoms with Crippen molar-refractivity contribution >= 4 is 11.6 Å². The maximum absolute atomic E-state index is 12.8. The summed E-state index contributed by atoms with van der Waals surface area (Å²) < 4.78 is 12.8. The van der Waals surface area contributed by atoms with Crippen molar-refractivity contribution in [3.63, 3.8) is 0 Å². The van der Waals surface area contributed by atoms with Gasteiger partial charge in [-0.1, -0.05) is 6.92 Å². The van der Waals surface area contributed by atoms with Gasteiger partial charge in [-0.05, 0) is 56.6 Å². The van der Waals surface area contributed by atoms with Crippen molar-refractivity contribution in [1.29, 1.82) is 0 Å². The van der Waals surface area contributed by atoms with Crippen molar-refractivity contribution in [2.24, 2.45) is 5.92 Å². The Labute approximate surface area is 125 Å². The molecule has 0 bridgehead atoms. The second-order valence-electron chi connectivity index (χ2n) is 5.63. The first-order valence-corrected chi connectivity index (χ1v) is 7.55. The van der Waals surface area contributed by atoms with Crippen LogP contribution >= 0.6 is 0 Å². The zero-order chi connectivity index (χ0) is 15.2. The summed E-state index contributed by atoms with van der Waals surface area (Å²) in [5, 5.41) is 12.5. The molecule has 0 unspecified atom stereocenters. The molecule has 0 spiro atoms. The number of aliphatic hydroxyl groups is 1. The van der Waals surface area contributed by atoms with Crippen molar-refractivity contribution < 1.29 is 14.3 Å². The number of likely N-dealkylation sites (tertiary alicyclic amines) is 1. The first kappa shape index (κ1) is 15.9. The molecule has 1 heterocycles. The topological polar surface area (TPSA) is 52.6 Å². The van der Waals surface area contributed by atoms with Crippen LogP contribution in [0.4, 0.5) is 10.1 Å². The van der Waals surface area contributed by atoms with Crippen LogP contribution in [-0.4, -0.2) is 41.7 Å². The van der Waals surface area contributed by atoms with Crippen LogP contribution in [0.25, 0.3) is 0 Å². The van der Waals surface area contributed by atoms with Crippen LogP contribution in [0.15, 0.2) is 24.3 Å². The minimum absolute atomic E-state index is 0.00250. The first-order valence-electron chi connectivity index (χ1n) is 7.55. The van der Waals surface area contributed by atoms with Crippen LogP contribution in [0.3, 0.4) is 0 Å². The molecule has 0 saturated carbocycles. The highest BCUT2D eigenvalue weighted by Crippen LogP contribution is 2.20. The molecule has 1 aliphatic heterocycles. The number of anilines is 1. The lowest BCUT2D eigenvalue weighted by Gasteiger charge is -2.32. The zero-order valence-electron chi connectivity index (χ0n) is 12.4. The Bertz CT molecular complexity index is 456. The highest BCUT2D eigenvalue weighted by molar-refractivity contribution is 5.92. The van der Waals surface area contributed by atoms with Crippen LogP contribution < -0.4 is 5.32 Å². The third kappa shape index (κ3) is 4.79. The molecule has 1 atom stereocenters. The number of piperidine rings is 1. The highest BCUT2D eigenvalue weighted by Gasteiger charge is 2.25. The summed E-state index contributed by atoms with van der Waals surface area (Å²) >= 11 is 0. The summed E-state index contributed by atoms with van der Waals surface area (Å²) in [7, 11) is 0. The van der Waals surface area contributed by atoms with Crippen molar-refractivity contribution in [1.82, 2.24) is 4.90 Å². The molecule has 0 aromatic heterocycles. The highest BCUT2D eigenvalue weighted by atomic mass is 19.1. The summed E-state index contributed by atoms with van der Waals surface area (Å²) in [6, 6.07) is 5.81. The molecule has 1 aliphatic rings. The second kappa shape index (κ2) is 7.52. The van der Waals surface area contributed by atoms with E-state index in [1.165, 1.54) is 12.1 Å². The third-order valence-electron chi connectivity index (χ3n) is 4.01. The number of benzene rings is 1. The average Bonchev–Trinajstić information content (AvgIpc) is 2.50. The van der Waals surface area contributed by atoms with E-state index in [0.717, 1.165) is 32.4 Å². The number of carbonyl (C=O) groups excluding carboxylic acids is 1. The molecule has 116 valence electrons. The number of hydrogen-bond donors (Lipinski definition) is 2. The fourth-order valence-corrected chi connectivity index (χ4v) is 2.58. The van der Waals surface area contributed by atoms with Crippen molar-refractivity contribution in [2.75, 3.05) is 25.0 Å². The number of amides is 1. The Morgan fingerprint density at radius 2 is 2.00 bits per heavy atom. The fourth-order valence-electron chi connectivity index (χ4n) is 2.58. The van der Waals surface area contributed by atoms with Gasteiger partial charge in [-0.3, -0.25) is 4.79 Å². The largest absolute Gasteiger partial charge is 0.392 e. The molecule has 1 amide bonds. The second-order valence-corrected chi connectivity index (χ2v) is 5.63. The van der Waals surface area contributed by atoms with Gasteiger partial charge in [-0.15, -0.1) is 0 Å². The van der Waals surface area contributed by atoms with E-state index < -0.39 is 0 Å². The number of nitrogens with zero attached hydrogens (tertiary/aromatic N) is 1. The van der Waals surface area contributed by atoms with Gasteiger partial charge in [0.2, 0.25) is 5.91 Å². The molecule has 0 aliphatic carbocycles. The van der Waals surface area contributed by atoms with Gasteiger partial charge in [0.15, 0.2) is 0 Å². The van der Waals surface area contributed by atoms with Crippen molar-refractivity contribution in [2.45, 2.75) is 32.3 Å². The molecule has 1 saturated heterocycles. The SMILES string of the molecule is CC[C@@H](O)CN1CCC(C(=O)Nc2ccc(F)cc2)CC1. The summed E-state index contributed by atoms with van der Waals surface area (Å²) in [4.78, 5) is 14.4. The number of nitrogens with one attached hydrogen (secondary N) is 1. The van der Waals surface area contributed by atoms with Crippen LogP contribution in [0.2, 0.25) is 0 Å². The van der Waals surface area contributed by atoms with Gasteiger partial charge < -0.3 is 15.3 Å². The van der Waals surface area contributed by atoms with Crippen LogP contribution in [0.5, 0.6) is 0 Å². The minimum Gasteiger partial charge on any atom is -0.392 e. The van der Waals surface area contributed by atoms with Crippen molar-refractivity contribution in [3.05, 3.63) is 30.1 Å². The van der Waals surface area contributed by atoms with E-state index in [2.05, 4.69) is 10.2 Å². The van der Waals surface area contributed by atoms with Gasteiger partial charge in [0, 0.05) is 18.2 Å². The molecule has 2 N–H and O–H groups in total. The van der Waals surface area contributed by atoms with E-state index in [-0.39, 0.29) is 23.7 Å². The van der Waals surface area contributed by atoms with Crippen molar-refractivity contribution in [3.8, 4) is 0 Å². The molecule has 1 fully saturated rings. The fraction of sp³-hybridized carbons (Fsp3) is 0.562. The molecule has 5 heteroatoms. The predicted octanol–water partition coefficient (Wildman–Crippen LogP) is 2.25. The van der Waals surface area contributed by atoms with Gasteiger partial charge in [-0.2, -0.15) is 0 Å². The van der Waals surface area contributed by atoms with E-state index in [0.29, 0.717) is 12.2 Å². The Kier molecular flexibility index (Phi) is 5.70. The maximum atomic E-state index is 12.8. The molecule has 21 heavy (non-hydrogen) atoms. The smallest absolute Gasteiger partial charge is 0.227 e. The standard InChI is InChI=1S/C16H23FN2O2/c1-2-15(20)11-19-9-7-12(8-10-19)16(21)18-14-5-3-13(17)4-6-14/h3-6,12,15,20H,2,7-11H2,1H3,(H,18,21)/t15-/m1/s1. The number of aliphatic hydroxyl groups excluding tert-OH is 1. The van der Waals surface area contributed by atoms with Crippen LogP contribution in [-0.2, 0) is 4.79 Å². The van der Waals surface area contributed by atoms with Crippen LogP contribution in [0.1, 0.15) is 26.2 Å². The Hall–Kier alpha value is -1.46. The summed E-state index contributed by atoms with van der Waals surface area (Å²) in [5.74, 6) is -0.321. The van der Waals surface area contributed by atoms with Gasteiger partial charge in [0.05, 0.1) is 6.10 Å². The van der Waals surface area contributed by atoms with Crippen LogP contribution in [0, 0.1) is 11.7 Å². The molecular weight excluding hydrogens is 271 g/mol. The van der Waals surface area contributed by atoms with E-state index in [4.69, 9.17) is 0 Å². The molecule has 1 aromatic rings. The maximum Gasteiger partial charge on any atom is 0.227 e. The molecular formula is C16H23FN2O2. The number of β-amino-alcohol motifs (C(OH)–C–C–N with tert-alkyl or cyclic N) is 1. The molecule has 0 radical (unpaired) electrons. The molecule has 1 aromatic carbocycles. The lowest BCUT2D eigenvalue weighted by Crippen LogP contribution is -2.41. The lowest BCUT2D eigenvalue weighted by atomic mass is 9.95. The Morgan fingerprint density at radius 3 is 2.57 bits per heavy atom. The normalized spacial score (nSPS) is 18.4. The van der Waals surface area contributed by atoms with E-state index in [9.17, 15) is 14.3 Å². The van der Waals surface area contributed by atoms with E-state index in [1.54, 1.807) is 12.1 Å². The third-order valence-corrected chi connectivity index (χ3v) is 4.01. The number of rotatable bonds is 5. The average molecular weight is 294 g/mol. The summed E-state index contributed by atoms with van der Waals surface area (Å²) in [6.45, 7) is 4.31. The Balaban J connectivity index is 1.79. The lowest BCUT2D eigenvalue weighted by molar-refractivity contribution is -0.121. The monoisotopic (exact) mass is 294 g/mol. The summed E-state index contributed by atoms with van der Waals surface area (Å²) in [6.07, 6.45) is 2.06. The first-order chi connectivity index (χ1) is 10.1. The number of carbonyl (C=O) groups is 1. The quantitative estimate of drug-likeness (QED) is 0.876. The Morgan fingerprint density at radius 1 is 1.38 bits per heavy atom. The van der Waals surface area contributed by atoms with Gasteiger partial charge in [-0.25, -0.2) is 4.39 Å². The number of halogens is 1. The number of hydrogen-bond acceptors (Lipinski definition) is 3. The van der Waals surface area contributed by atoms with E-state index in [1.807, 2.05) is 6.92 Å². The van der Waals surface area contributed by atoms with Gasteiger partial charge in [0.25, 0.3) is 0 Å². The van der Waals surface area contributed by atoms with E-state index >= 15 is 0 Å². The van der Waals surface area contributed by atoms with Gasteiger partial charge >= 0.3 is 0 Å². The molecule has 2 rings (SSSR count).